The van der Waals surface area contributed by atoms with E-state index in [1.54, 1.807) is 0 Å². The Labute approximate surface area is 169 Å². The largest absolute Gasteiger partial charge is 0.357 e. The minimum atomic E-state index is 0.430. The van der Waals surface area contributed by atoms with E-state index < -0.39 is 0 Å². The Balaban J connectivity index is 1.49. The van der Waals surface area contributed by atoms with E-state index in [2.05, 4.69) is 63.4 Å². The molecule has 5 heteroatoms. The molecule has 1 spiro atoms. The fourth-order valence-corrected chi connectivity index (χ4v) is 5.09. The third kappa shape index (κ3) is 4.00. The summed E-state index contributed by atoms with van der Waals surface area (Å²) in [4.78, 5) is 14.3. The van der Waals surface area contributed by atoms with Crippen LogP contribution in [0, 0.1) is 12.3 Å². The fourth-order valence-electron chi connectivity index (χ4n) is 5.09. The van der Waals surface area contributed by atoms with Crippen molar-refractivity contribution in [2.75, 3.05) is 50.0 Å². The summed E-state index contributed by atoms with van der Waals surface area (Å²) < 4.78 is 0. The molecule has 1 aromatic heterocycles. The van der Waals surface area contributed by atoms with Crippen LogP contribution in [0.4, 0.5) is 11.8 Å². The van der Waals surface area contributed by atoms with Gasteiger partial charge in [-0.3, -0.25) is 0 Å². The van der Waals surface area contributed by atoms with Crippen LogP contribution in [-0.4, -0.2) is 54.6 Å². The van der Waals surface area contributed by atoms with Gasteiger partial charge in [0.2, 0.25) is 5.95 Å². The summed E-state index contributed by atoms with van der Waals surface area (Å²) in [5, 5.41) is 3.09. The molecular weight excluding hydrogens is 346 g/mol. The van der Waals surface area contributed by atoms with Crippen molar-refractivity contribution >= 4 is 11.8 Å². The Hall–Kier alpha value is -2.14. The molecule has 2 saturated heterocycles. The lowest BCUT2D eigenvalue weighted by Crippen LogP contribution is -2.51. The summed E-state index contributed by atoms with van der Waals surface area (Å²) in [5.41, 5.74) is 2.96. The van der Waals surface area contributed by atoms with Crippen LogP contribution in [0.1, 0.15) is 43.4 Å². The van der Waals surface area contributed by atoms with Crippen LogP contribution in [0.2, 0.25) is 0 Å². The van der Waals surface area contributed by atoms with Crippen molar-refractivity contribution in [1.82, 2.24) is 14.9 Å². The molecule has 4 rings (SSSR count). The number of aryl methyl sites for hydroxylation is 1. The first-order valence-corrected chi connectivity index (χ1v) is 10.7. The minimum Gasteiger partial charge on any atom is -0.357 e. The van der Waals surface area contributed by atoms with Crippen LogP contribution in [0.15, 0.2) is 36.4 Å². The van der Waals surface area contributed by atoms with Crippen molar-refractivity contribution in [3.63, 3.8) is 0 Å². The van der Waals surface area contributed by atoms with Gasteiger partial charge in [0.1, 0.15) is 5.82 Å². The molecule has 0 amide bonds. The molecule has 0 aliphatic carbocycles. The van der Waals surface area contributed by atoms with Gasteiger partial charge in [-0.25, -0.2) is 4.98 Å². The third-order valence-corrected chi connectivity index (χ3v) is 6.65. The highest BCUT2D eigenvalue weighted by molar-refractivity contribution is 5.45. The lowest BCUT2D eigenvalue weighted by atomic mass is 9.68. The van der Waals surface area contributed by atoms with Gasteiger partial charge in [-0.05, 0) is 49.6 Å². The van der Waals surface area contributed by atoms with Crippen LogP contribution >= 0.6 is 0 Å². The maximum absolute atomic E-state index is 4.70. The summed E-state index contributed by atoms with van der Waals surface area (Å²) in [6.45, 7) is 10.1. The molecule has 1 unspecified atom stereocenters. The second kappa shape index (κ2) is 8.08. The maximum Gasteiger partial charge on any atom is 0.224 e. The Kier molecular flexibility index (Phi) is 5.54. The van der Waals surface area contributed by atoms with Crippen molar-refractivity contribution in [2.45, 2.75) is 39.0 Å². The number of nitrogens with one attached hydrogen (secondary N) is 1. The van der Waals surface area contributed by atoms with E-state index in [0.29, 0.717) is 17.3 Å². The Morgan fingerprint density at radius 3 is 2.57 bits per heavy atom. The first-order valence-electron chi connectivity index (χ1n) is 10.7. The molecular formula is C23H33N5. The summed E-state index contributed by atoms with van der Waals surface area (Å²) in [7, 11) is 1.88. The topological polar surface area (TPSA) is 44.3 Å². The molecule has 2 aromatic rings. The van der Waals surface area contributed by atoms with Gasteiger partial charge in [0.15, 0.2) is 0 Å². The highest BCUT2D eigenvalue weighted by atomic mass is 15.2. The predicted molar refractivity (Wildman–Crippen MR) is 116 cm³/mol. The summed E-state index contributed by atoms with van der Waals surface area (Å²) >= 11 is 0. The van der Waals surface area contributed by atoms with E-state index in [1.165, 1.54) is 37.9 Å². The molecule has 1 atom stereocenters. The van der Waals surface area contributed by atoms with E-state index >= 15 is 0 Å². The molecule has 28 heavy (non-hydrogen) atoms. The second-order valence-corrected chi connectivity index (χ2v) is 8.57. The maximum atomic E-state index is 4.70. The lowest BCUT2D eigenvalue weighted by Gasteiger charge is -2.50. The van der Waals surface area contributed by atoms with Crippen molar-refractivity contribution in [2.24, 2.45) is 5.41 Å². The molecule has 0 bridgehead atoms. The van der Waals surface area contributed by atoms with Gasteiger partial charge in [0.25, 0.3) is 0 Å². The molecule has 1 N–H and O–H groups in total. The van der Waals surface area contributed by atoms with E-state index in [0.717, 1.165) is 31.1 Å². The molecule has 2 aliphatic heterocycles. The molecule has 1 aromatic carbocycles. The van der Waals surface area contributed by atoms with Crippen molar-refractivity contribution in [3.05, 3.63) is 47.7 Å². The van der Waals surface area contributed by atoms with Gasteiger partial charge in [-0.2, -0.15) is 4.98 Å². The van der Waals surface area contributed by atoms with Gasteiger partial charge < -0.3 is 15.1 Å². The average Bonchev–Trinajstić information content (AvgIpc) is 2.74. The van der Waals surface area contributed by atoms with Gasteiger partial charge in [0.05, 0.1) is 0 Å². The minimum absolute atomic E-state index is 0.430. The summed E-state index contributed by atoms with van der Waals surface area (Å²) in [6.07, 6.45) is 3.79. The Morgan fingerprint density at radius 1 is 1.14 bits per heavy atom. The van der Waals surface area contributed by atoms with E-state index in [9.17, 15) is 0 Å². The van der Waals surface area contributed by atoms with Crippen molar-refractivity contribution < 1.29 is 0 Å². The van der Waals surface area contributed by atoms with Gasteiger partial charge >= 0.3 is 0 Å². The molecule has 150 valence electrons. The van der Waals surface area contributed by atoms with Crippen molar-refractivity contribution in [1.29, 1.82) is 0 Å². The highest BCUT2D eigenvalue weighted by Gasteiger charge is 2.42. The molecule has 2 fully saturated rings. The number of likely N-dealkylation sites (N-methyl/N-ethyl adjacent to an activating group) is 1. The predicted octanol–water partition coefficient (Wildman–Crippen LogP) is 3.92. The van der Waals surface area contributed by atoms with Crippen LogP contribution in [0.3, 0.4) is 0 Å². The first kappa shape index (κ1) is 19.2. The lowest BCUT2D eigenvalue weighted by molar-refractivity contribution is 0.0543. The zero-order valence-electron chi connectivity index (χ0n) is 17.5. The zero-order valence-corrected chi connectivity index (χ0v) is 17.5. The van der Waals surface area contributed by atoms with Crippen LogP contribution in [0.5, 0.6) is 0 Å². The highest BCUT2D eigenvalue weighted by Crippen LogP contribution is 2.45. The van der Waals surface area contributed by atoms with Crippen LogP contribution in [-0.2, 0) is 0 Å². The van der Waals surface area contributed by atoms with Crippen LogP contribution < -0.4 is 10.2 Å². The summed E-state index contributed by atoms with van der Waals surface area (Å²) in [5.74, 6) is 2.43. The van der Waals surface area contributed by atoms with E-state index in [4.69, 9.17) is 4.98 Å². The molecule has 3 heterocycles. The first-order chi connectivity index (χ1) is 13.6. The van der Waals surface area contributed by atoms with E-state index in [1.807, 2.05) is 14.0 Å². The number of hydrogen-bond donors (Lipinski definition) is 1. The third-order valence-electron chi connectivity index (χ3n) is 6.65. The normalized spacial score (nSPS) is 22.4. The van der Waals surface area contributed by atoms with E-state index in [-0.39, 0.29) is 0 Å². The van der Waals surface area contributed by atoms with Gasteiger partial charge in [-0.15, -0.1) is 0 Å². The Morgan fingerprint density at radius 2 is 1.89 bits per heavy atom. The molecule has 5 nitrogen and oxygen atoms in total. The fraction of sp³-hybridized carbons (Fsp3) is 0.565. The Bertz CT molecular complexity index is 783. The second-order valence-electron chi connectivity index (χ2n) is 8.57. The smallest absolute Gasteiger partial charge is 0.224 e. The average molecular weight is 380 g/mol. The number of rotatable bonds is 4. The number of hydrogen-bond acceptors (Lipinski definition) is 5. The molecule has 2 aliphatic rings. The van der Waals surface area contributed by atoms with Gasteiger partial charge in [0, 0.05) is 45.0 Å². The quantitative estimate of drug-likeness (QED) is 0.872. The van der Waals surface area contributed by atoms with Crippen LogP contribution in [0.25, 0.3) is 0 Å². The SMILES string of the molecule is CCN1CC(c2ccccc2)CC2(CCN(c3cc(C)nc(NC)n3)CC2)C1. The number of nitrogens with zero attached hydrogens (tertiary/aromatic N) is 4. The van der Waals surface area contributed by atoms with Crippen molar-refractivity contribution in [3.8, 4) is 0 Å². The number of benzene rings is 1. The van der Waals surface area contributed by atoms with Gasteiger partial charge in [-0.1, -0.05) is 37.3 Å². The monoisotopic (exact) mass is 379 g/mol. The molecule has 0 saturated carbocycles. The summed E-state index contributed by atoms with van der Waals surface area (Å²) in [6, 6.07) is 13.2. The number of aromatic nitrogens is 2. The number of anilines is 2. The number of likely N-dealkylation sites (tertiary alicyclic amines) is 1. The standard InChI is InChI=1S/C23H33N5/c1-4-27-16-20(19-8-6-5-7-9-19)15-23(17-27)10-12-28(13-11-23)21-14-18(2)25-22(24-3)26-21/h5-9,14,20H,4,10-13,15-17H2,1-3H3,(H,24,25,26). The number of piperidine rings is 2. The zero-order chi connectivity index (χ0) is 19.6. The molecule has 0 radical (unpaired) electrons.